The van der Waals surface area contributed by atoms with Crippen molar-refractivity contribution in [3.8, 4) is 0 Å². The first-order valence-corrected chi connectivity index (χ1v) is 10.2. The van der Waals surface area contributed by atoms with Gasteiger partial charge in [0.15, 0.2) is 5.96 Å². The number of halogens is 1. The normalized spacial score (nSPS) is 28.8. The molecular formula is C19H34FN7. The van der Waals surface area contributed by atoms with Gasteiger partial charge in [-0.1, -0.05) is 19.1 Å². The third-order valence-corrected chi connectivity index (χ3v) is 5.33. The molecule has 1 saturated heterocycles. The maximum absolute atomic E-state index is 13.4. The van der Waals surface area contributed by atoms with Gasteiger partial charge in [0, 0.05) is 45.0 Å². The van der Waals surface area contributed by atoms with E-state index in [1.54, 1.807) is 0 Å². The van der Waals surface area contributed by atoms with Gasteiger partial charge in [-0.3, -0.25) is 10.2 Å². The van der Waals surface area contributed by atoms with E-state index in [-0.39, 0.29) is 18.5 Å². The van der Waals surface area contributed by atoms with Crippen molar-refractivity contribution < 1.29 is 4.39 Å². The van der Waals surface area contributed by atoms with Crippen LogP contribution < -0.4 is 26.6 Å². The Hall–Kier alpha value is -1.80. The highest BCUT2D eigenvalue weighted by Gasteiger charge is 2.31. The SMILES string of the molecule is C=C(CC[C@H](F)CC)CNC1=N[C@@H](N2CCC2)CC(N[C@H]2CNC=CN2)N1. The van der Waals surface area contributed by atoms with Gasteiger partial charge >= 0.3 is 0 Å². The van der Waals surface area contributed by atoms with Crippen LogP contribution in [-0.2, 0) is 0 Å². The van der Waals surface area contributed by atoms with E-state index in [1.165, 1.54) is 6.42 Å². The average Bonchev–Trinajstić information content (AvgIpc) is 2.63. The number of likely N-dealkylation sites (tertiary alicyclic amines) is 1. The second-order valence-corrected chi connectivity index (χ2v) is 7.56. The van der Waals surface area contributed by atoms with Crippen LogP contribution >= 0.6 is 0 Å². The van der Waals surface area contributed by atoms with Gasteiger partial charge in [0.05, 0.1) is 12.3 Å². The molecule has 8 heteroatoms. The van der Waals surface area contributed by atoms with E-state index in [4.69, 9.17) is 4.99 Å². The molecule has 1 unspecified atom stereocenters. The summed E-state index contributed by atoms with van der Waals surface area (Å²) in [5.41, 5.74) is 1.01. The van der Waals surface area contributed by atoms with Gasteiger partial charge in [-0.05, 0) is 25.7 Å². The maximum atomic E-state index is 13.4. The fourth-order valence-corrected chi connectivity index (χ4v) is 3.43. The summed E-state index contributed by atoms with van der Waals surface area (Å²) in [6.45, 7) is 9.63. The van der Waals surface area contributed by atoms with Crippen LogP contribution in [0.1, 0.15) is 39.0 Å². The Kier molecular flexibility index (Phi) is 7.34. The van der Waals surface area contributed by atoms with Crippen LogP contribution in [0.25, 0.3) is 0 Å². The standard InChI is InChI=1S/C19H34FN7/c1-3-15(20)6-5-14(2)12-23-19-25-16(24-17-13-21-7-8-22-17)11-18(26-19)27-9-4-10-27/h7-8,15-18,21-22,24H,2-6,9-13H2,1H3,(H2,23,25,26)/t15-,16?,17+,18+/m1/s1. The van der Waals surface area contributed by atoms with E-state index in [0.717, 1.165) is 37.6 Å². The van der Waals surface area contributed by atoms with Crippen LogP contribution in [0.2, 0.25) is 0 Å². The number of guanidine groups is 1. The Balaban J connectivity index is 1.50. The van der Waals surface area contributed by atoms with Gasteiger partial charge in [0.2, 0.25) is 0 Å². The maximum Gasteiger partial charge on any atom is 0.194 e. The zero-order chi connectivity index (χ0) is 19.1. The van der Waals surface area contributed by atoms with Crippen LogP contribution in [0.15, 0.2) is 29.5 Å². The summed E-state index contributed by atoms with van der Waals surface area (Å²) in [7, 11) is 0. The van der Waals surface area contributed by atoms with Gasteiger partial charge in [0.25, 0.3) is 0 Å². The van der Waals surface area contributed by atoms with Crippen LogP contribution in [-0.4, -0.2) is 61.7 Å². The molecule has 5 N–H and O–H groups in total. The van der Waals surface area contributed by atoms with Crippen molar-refractivity contribution >= 4 is 5.96 Å². The van der Waals surface area contributed by atoms with Crippen LogP contribution in [0.3, 0.4) is 0 Å². The molecule has 0 radical (unpaired) electrons. The third kappa shape index (κ3) is 6.10. The van der Waals surface area contributed by atoms with Crippen LogP contribution in [0, 0.1) is 0 Å². The summed E-state index contributed by atoms with van der Waals surface area (Å²) in [5.74, 6) is 0.795. The minimum Gasteiger partial charge on any atom is -0.386 e. The van der Waals surface area contributed by atoms with Crippen molar-refractivity contribution in [2.75, 3.05) is 26.2 Å². The van der Waals surface area contributed by atoms with Gasteiger partial charge in [-0.2, -0.15) is 0 Å². The molecule has 0 bridgehead atoms. The van der Waals surface area contributed by atoms with Crippen molar-refractivity contribution in [2.24, 2.45) is 4.99 Å². The van der Waals surface area contributed by atoms with Gasteiger partial charge in [-0.25, -0.2) is 9.38 Å². The molecule has 3 heterocycles. The van der Waals surface area contributed by atoms with E-state index >= 15 is 0 Å². The van der Waals surface area contributed by atoms with E-state index in [1.807, 2.05) is 19.3 Å². The second kappa shape index (κ2) is 9.94. The van der Waals surface area contributed by atoms with E-state index in [9.17, 15) is 4.39 Å². The fourth-order valence-electron chi connectivity index (χ4n) is 3.43. The summed E-state index contributed by atoms with van der Waals surface area (Å²) in [5, 5.41) is 17.0. The third-order valence-electron chi connectivity index (χ3n) is 5.33. The Morgan fingerprint density at radius 2 is 2.26 bits per heavy atom. The molecule has 0 aliphatic carbocycles. The number of hydrogen-bond donors (Lipinski definition) is 5. The lowest BCUT2D eigenvalue weighted by molar-refractivity contribution is 0.0988. The van der Waals surface area contributed by atoms with Gasteiger partial charge in [-0.15, -0.1) is 0 Å². The average molecular weight is 380 g/mol. The first-order chi connectivity index (χ1) is 13.1. The first kappa shape index (κ1) is 19.9. The van der Waals surface area contributed by atoms with E-state index in [0.29, 0.717) is 25.8 Å². The van der Waals surface area contributed by atoms with Gasteiger partial charge in [0.1, 0.15) is 12.3 Å². The molecule has 3 aliphatic heterocycles. The lowest BCUT2D eigenvalue weighted by Crippen LogP contribution is -2.63. The molecule has 0 spiro atoms. The highest BCUT2D eigenvalue weighted by molar-refractivity contribution is 5.81. The van der Waals surface area contributed by atoms with Crippen molar-refractivity contribution in [3.05, 3.63) is 24.6 Å². The largest absolute Gasteiger partial charge is 0.386 e. The number of rotatable bonds is 9. The molecule has 4 atom stereocenters. The zero-order valence-corrected chi connectivity index (χ0v) is 16.3. The zero-order valence-electron chi connectivity index (χ0n) is 16.3. The Morgan fingerprint density at radius 1 is 1.41 bits per heavy atom. The molecule has 0 aromatic rings. The minimum absolute atomic E-state index is 0.130. The van der Waals surface area contributed by atoms with Crippen LogP contribution in [0.5, 0.6) is 0 Å². The number of aliphatic imine (C=N–C) groups is 1. The number of alkyl halides is 1. The number of nitrogens with one attached hydrogen (secondary N) is 5. The highest BCUT2D eigenvalue weighted by atomic mass is 19.1. The van der Waals surface area contributed by atoms with Crippen molar-refractivity contribution in [3.63, 3.8) is 0 Å². The smallest absolute Gasteiger partial charge is 0.194 e. The molecule has 0 saturated carbocycles. The Labute approximate surface area is 161 Å². The summed E-state index contributed by atoms with van der Waals surface area (Å²) >= 11 is 0. The molecule has 3 aliphatic rings. The topological polar surface area (TPSA) is 75.8 Å². The Morgan fingerprint density at radius 3 is 2.93 bits per heavy atom. The van der Waals surface area contributed by atoms with E-state index in [2.05, 4.69) is 38.1 Å². The lowest BCUT2D eigenvalue weighted by Gasteiger charge is -2.41. The number of hydrogen-bond acceptors (Lipinski definition) is 7. The predicted molar refractivity (Wildman–Crippen MR) is 108 cm³/mol. The monoisotopic (exact) mass is 379 g/mol. The molecule has 3 rings (SSSR count). The predicted octanol–water partition coefficient (Wildman–Crippen LogP) is 0.947. The Bertz CT molecular complexity index is 546. The summed E-state index contributed by atoms with van der Waals surface area (Å²) in [6, 6.07) is 0. The summed E-state index contributed by atoms with van der Waals surface area (Å²) in [6.07, 6.45) is 7.59. The van der Waals surface area contributed by atoms with E-state index < -0.39 is 6.17 Å². The fraction of sp³-hybridized carbons (Fsp3) is 0.737. The summed E-state index contributed by atoms with van der Waals surface area (Å²) < 4.78 is 13.4. The molecule has 0 aromatic heterocycles. The summed E-state index contributed by atoms with van der Waals surface area (Å²) in [4.78, 5) is 7.26. The molecule has 0 amide bonds. The molecule has 152 valence electrons. The van der Waals surface area contributed by atoms with Gasteiger partial charge < -0.3 is 21.3 Å². The van der Waals surface area contributed by atoms with Crippen molar-refractivity contribution in [2.45, 2.75) is 63.7 Å². The molecule has 1 fully saturated rings. The molecule has 7 nitrogen and oxygen atoms in total. The highest BCUT2D eigenvalue weighted by Crippen LogP contribution is 2.19. The second-order valence-electron chi connectivity index (χ2n) is 7.56. The number of nitrogens with zero attached hydrogens (tertiary/aromatic N) is 2. The molecule has 0 aromatic carbocycles. The quantitative estimate of drug-likeness (QED) is 0.384. The molecule has 27 heavy (non-hydrogen) atoms. The first-order valence-electron chi connectivity index (χ1n) is 10.2. The minimum atomic E-state index is -0.734. The van der Waals surface area contributed by atoms with Crippen LogP contribution in [0.4, 0.5) is 4.39 Å². The molecular weight excluding hydrogens is 345 g/mol. The lowest BCUT2D eigenvalue weighted by atomic mass is 10.1. The van der Waals surface area contributed by atoms with Crippen molar-refractivity contribution in [1.82, 2.24) is 31.5 Å². The van der Waals surface area contributed by atoms with Crippen molar-refractivity contribution in [1.29, 1.82) is 0 Å².